The first kappa shape index (κ1) is 17.1. The molecule has 1 heterocycles. The summed E-state index contributed by atoms with van der Waals surface area (Å²) >= 11 is 5.62. The Balaban J connectivity index is 1.68. The van der Waals surface area contributed by atoms with Gasteiger partial charge in [0, 0.05) is 6.20 Å². The van der Waals surface area contributed by atoms with Gasteiger partial charge in [-0.3, -0.25) is 0 Å². The molecular formula is C18H17ClF3NO. The standard InChI is InChI=1S/C18H17ClF3NO/c19-17-16(18(20,21)22)15(10-11-23-17)24-14-8-6-13(7-9-14)12-4-2-1-3-5-12/h1-5,10-11,13-14H,6-9H2. The molecule has 1 aliphatic rings. The summed E-state index contributed by atoms with van der Waals surface area (Å²) in [5.74, 6) is 0.208. The third kappa shape index (κ3) is 3.83. The minimum atomic E-state index is -4.58. The van der Waals surface area contributed by atoms with Crippen molar-refractivity contribution in [3.8, 4) is 5.75 Å². The highest BCUT2D eigenvalue weighted by molar-refractivity contribution is 6.30. The monoisotopic (exact) mass is 355 g/mol. The molecule has 0 radical (unpaired) electrons. The van der Waals surface area contributed by atoms with Crippen molar-refractivity contribution < 1.29 is 17.9 Å². The van der Waals surface area contributed by atoms with Crippen molar-refractivity contribution in [2.24, 2.45) is 0 Å². The molecule has 2 aromatic rings. The van der Waals surface area contributed by atoms with Crippen LogP contribution < -0.4 is 4.74 Å². The van der Waals surface area contributed by atoms with Gasteiger partial charge in [-0.15, -0.1) is 0 Å². The number of halogens is 4. The number of rotatable bonds is 3. The predicted molar refractivity (Wildman–Crippen MR) is 86.3 cm³/mol. The lowest BCUT2D eigenvalue weighted by Crippen LogP contribution is -2.24. The molecule has 1 aliphatic carbocycles. The smallest absolute Gasteiger partial charge is 0.422 e. The molecule has 0 amide bonds. The number of ether oxygens (including phenoxy) is 1. The molecule has 0 saturated heterocycles. The average Bonchev–Trinajstić information content (AvgIpc) is 2.55. The lowest BCUT2D eigenvalue weighted by Gasteiger charge is -2.30. The molecule has 1 aromatic carbocycles. The zero-order chi connectivity index (χ0) is 17.2. The highest BCUT2D eigenvalue weighted by Crippen LogP contribution is 2.41. The predicted octanol–water partition coefficient (Wildman–Crippen LogP) is 5.86. The van der Waals surface area contributed by atoms with Gasteiger partial charge in [-0.25, -0.2) is 4.98 Å². The van der Waals surface area contributed by atoms with Crippen LogP contribution in [0.4, 0.5) is 13.2 Å². The normalized spacial score (nSPS) is 21.5. The number of aromatic nitrogens is 1. The van der Waals surface area contributed by atoms with Crippen LogP contribution in [0.15, 0.2) is 42.6 Å². The lowest BCUT2D eigenvalue weighted by atomic mass is 9.83. The average molecular weight is 356 g/mol. The van der Waals surface area contributed by atoms with Crippen LogP contribution >= 0.6 is 11.6 Å². The van der Waals surface area contributed by atoms with Gasteiger partial charge in [-0.05, 0) is 43.2 Å². The quantitative estimate of drug-likeness (QED) is 0.643. The molecule has 0 spiro atoms. The molecule has 0 atom stereocenters. The Morgan fingerprint density at radius 1 is 1.00 bits per heavy atom. The van der Waals surface area contributed by atoms with E-state index in [-0.39, 0.29) is 11.9 Å². The van der Waals surface area contributed by atoms with Crippen molar-refractivity contribution in [3.05, 3.63) is 58.9 Å². The van der Waals surface area contributed by atoms with E-state index < -0.39 is 16.9 Å². The summed E-state index contributed by atoms with van der Waals surface area (Å²) in [6.07, 6.45) is -0.341. The Morgan fingerprint density at radius 2 is 1.67 bits per heavy atom. The lowest BCUT2D eigenvalue weighted by molar-refractivity contribution is -0.139. The first-order chi connectivity index (χ1) is 11.4. The van der Waals surface area contributed by atoms with E-state index >= 15 is 0 Å². The molecule has 1 fully saturated rings. The van der Waals surface area contributed by atoms with Gasteiger partial charge in [0.2, 0.25) is 0 Å². The highest BCUT2D eigenvalue weighted by atomic mass is 35.5. The van der Waals surface area contributed by atoms with Gasteiger partial charge in [-0.1, -0.05) is 41.9 Å². The summed E-state index contributed by atoms with van der Waals surface area (Å²) in [5, 5.41) is -0.571. The minimum Gasteiger partial charge on any atom is -0.490 e. The third-order valence-electron chi connectivity index (χ3n) is 4.39. The first-order valence-electron chi connectivity index (χ1n) is 7.88. The molecule has 0 unspecified atom stereocenters. The van der Waals surface area contributed by atoms with E-state index in [4.69, 9.17) is 16.3 Å². The van der Waals surface area contributed by atoms with Gasteiger partial charge in [0.15, 0.2) is 0 Å². The zero-order valence-electron chi connectivity index (χ0n) is 12.9. The van der Waals surface area contributed by atoms with Crippen LogP contribution in [0.5, 0.6) is 5.75 Å². The molecule has 0 N–H and O–H groups in total. The van der Waals surface area contributed by atoms with Gasteiger partial charge in [-0.2, -0.15) is 13.2 Å². The number of hydrogen-bond donors (Lipinski definition) is 0. The van der Waals surface area contributed by atoms with Crippen molar-refractivity contribution >= 4 is 11.6 Å². The van der Waals surface area contributed by atoms with Crippen LogP contribution in [0.1, 0.15) is 42.7 Å². The molecule has 6 heteroatoms. The molecule has 128 valence electrons. The number of nitrogens with zero attached hydrogens (tertiary/aromatic N) is 1. The fraction of sp³-hybridized carbons (Fsp3) is 0.389. The van der Waals surface area contributed by atoms with Crippen LogP contribution in [-0.2, 0) is 6.18 Å². The van der Waals surface area contributed by atoms with Crippen LogP contribution in [-0.4, -0.2) is 11.1 Å². The Bertz CT molecular complexity index is 682. The van der Waals surface area contributed by atoms with E-state index in [1.54, 1.807) is 0 Å². The summed E-state index contributed by atoms with van der Waals surface area (Å²) in [6, 6.07) is 11.4. The van der Waals surface area contributed by atoms with Crippen LogP contribution in [0.2, 0.25) is 5.15 Å². The van der Waals surface area contributed by atoms with Crippen molar-refractivity contribution in [1.82, 2.24) is 4.98 Å². The minimum absolute atomic E-state index is 0.231. The molecule has 3 rings (SSSR count). The molecule has 0 bridgehead atoms. The van der Waals surface area contributed by atoms with Crippen molar-refractivity contribution in [3.63, 3.8) is 0 Å². The van der Waals surface area contributed by atoms with Crippen molar-refractivity contribution in [2.45, 2.75) is 43.9 Å². The molecule has 0 aliphatic heterocycles. The second-order valence-corrected chi connectivity index (χ2v) is 6.33. The summed E-state index contributed by atoms with van der Waals surface area (Å²) < 4.78 is 45.1. The van der Waals surface area contributed by atoms with Gasteiger partial charge >= 0.3 is 6.18 Å². The molecule has 24 heavy (non-hydrogen) atoms. The maximum absolute atomic E-state index is 13.1. The Labute approximate surface area is 143 Å². The summed E-state index contributed by atoms with van der Waals surface area (Å²) in [6.45, 7) is 0. The van der Waals surface area contributed by atoms with Crippen LogP contribution in [0.25, 0.3) is 0 Å². The van der Waals surface area contributed by atoms with E-state index in [0.717, 1.165) is 25.7 Å². The van der Waals surface area contributed by atoms with E-state index in [9.17, 15) is 13.2 Å². The topological polar surface area (TPSA) is 22.1 Å². The Morgan fingerprint density at radius 3 is 2.29 bits per heavy atom. The van der Waals surface area contributed by atoms with Crippen molar-refractivity contribution in [1.29, 1.82) is 0 Å². The first-order valence-corrected chi connectivity index (χ1v) is 8.26. The van der Waals surface area contributed by atoms with Gasteiger partial charge in [0.1, 0.15) is 16.5 Å². The third-order valence-corrected chi connectivity index (χ3v) is 4.68. The molecular weight excluding hydrogens is 339 g/mol. The van der Waals surface area contributed by atoms with Gasteiger partial charge in [0.25, 0.3) is 0 Å². The van der Waals surface area contributed by atoms with Gasteiger partial charge in [0.05, 0.1) is 6.10 Å². The summed E-state index contributed by atoms with van der Waals surface area (Å²) in [7, 11) is 0. The fourth-order valence-electron chi connectivity index (χ4n) is 3.19. The number of alkyl halides is 3. The summed E-state index contributed by atoms with van der Waals surface area (Å²) in [4.78, 5) is 3.52. The number of benzene rings is 1. The zero-order valence-corrected chi connectivity index (χ0v) is 13.6. The largest absolute Gasteiger partial charge is 0.490 e. The van der Waals surface area contributed by atoms with Crippen LogP contribution in [0, 0.1) is 0 Å². The van der Waals surface area contributed by atoms with E-state index in [1.165, 1.54) is 17.8 Å². The highest BCUT2D eigenvalue weighted by Gasteiger charge is 2.38. The Hall–Kier alpha value is -1.75. The fourth-order valence-corrected chi connectivity index (χ4v) is 3.45. The summed E-state index contributed by atoms with van der Waals surface area (Å²) in [5.41, 5.74) is 0.288. The van der Waals surface area contributed by atoms with E-state index in [1.807, 2.05) is 18.2 Å². The van der Waals surface area contributed by atoms with E-state index in [0.29, 0.717) is 5.92 Å². The Kier molecular flexibility index (Phi) is 4.99. The molecule has 1 saturated carbocycles. The maximum Gasteiger partial charge on any atom is 0.422 e. The van der Waals surface area contributed by atoms with Gasteiger partial charge < -0.3 is 4.74 Å². The number of hydrogen-bond acceptors (Lipinski definition) is 2. The molecule has 2 nitrogen and oxygen atoms in total. The maximum atomic E-state index is 13.1. The van der Waals surface area contributed by atoms with Crippen molar-refractivity contribution in [2.75, 3.05) is 0 Å². The van der Waals surface area contributed by atoms with Crippen LogP contribution in [0.3, 0.4) is 0 Å². The molecule has 1 aromatic heterocycles. The second-order valence-electron chi connectivity index (χ2n) is 5.97. The second kappa shape index (κ2) is 7.01. The van der Waals surface area contributed by atoms with E-state index in [2.05, 4.69) is 17.1 Å². The SMILES string of the molecule is FC(F)(F)c1c(OC2CCC(c3ccccc3)CC2)ccnc1Cl. The number of pyridine rings is 1.